The van der Waals surface area contributed by atoms with Crippen molar-refractivity contribution in [2.45, 2.75) is 13.3 Å². The van der Waals surface area contributed by atoms with E-state index in [0.717, 1.165) is 4.47 Å². The van der Waals surface area contributed by atoms with E-state index in [-0.39, 0.29) is 24.2 Å². The number of nitrogens with zero attached hydrogens (tertiary/aromatic N) is 1. The Labute approximate surface area is 155 Å². The van der Waals surface area contributed by atoms with Crippen molar-refractivity contribution in [2.24, 2.45) is 5.92 Å². The zero-order chi connectivity index (χ0) is 17.8. The van der Waals surface area contributed by atoms with Crippen molar-refractivity contribution in [1.29, 1.82) is 0 Å². The van der Waals surface area contributed by atoms with Gasteiger partial charge in [0.25, 0.3) is 0 Å². The number of halogens is 1. The summed E-state index contributed by atoms with van der Waals surface area (Å²) in [5.74, 6) is 0.0527. The summed E-state index contributed by atoms with van der Waals surface area (Å²) in [4.78, 5) is 26.6. The molecule has 1 heterocycles. The lowest BCUT2D eigenvalue weighted by Crippen LogP contribution is -2.28. The van der Waals surface area contributed by atoms with E-state index in [0.29, 0.717) is 30.3 Å². The number of carbonyl (C=O) groups is 2. The van der Waals surface area contributed by atoms with Gasteiger partial charge in [0, 0.05) is 23.1 Å². The van der Waals surface area contributed by atoms with Gasteiger partial charge in [0.15, 0.2) is 0 Å². The van der Waals surface area contributed by atoms with E-state index in [9.17, 15) is 9.59 Å². The van der Waals surface area contributed by atoms with Crippen molar-refractivity contribution >= 4 is 39.1 Å². The maximum Gasteiger partial charge on any atom is 0.229 e. The molecule has 0 radical (unpaired) electrons. The predicted molar refractivity (Wildman–Crippen MR) is 101 cm³/mol. The van der Waals surface area contributed by atoms with Crippen LogP contribution in [0.15, 0.2) is 53.0 Å². The van der Waals surface area contributed by atoms with Gasteiger partial charge in [-0.25, -0.2) is 0 Å². The van der Waals surface area contributed by atoms with Crippen molar-refractivity contribution in [3.05, 3.63) is 53.0 Å². The Morgan fingerprint density at radius 3 is 2.84 bits per heavy atom. The molecule has 1 aliphatic rings. The molecule has 25 heavy (non-hydrogen) atoms. The van der Waals surface area contributed by atoms with Crippen LogP contribution >= 0.6 is 15.9 Å². The molecule has 1 unspecified atom stereocenters. The number of rotatable bonds is 5. The number of hydrogen-bond acceptors (Lipinski definition) is 3. The van der Waals surface area contributed by atoms with Gasteiger partial charge in [-0.2, -0.15) is 0 Å². The number of amides is 2. The van der Waals surface area contributed by atoms with E-state index < -0.39 is 0 Å². The fourth-order valence-electron chi connectivity index (χ4n) is 2.88. The molecule has 2 aromatic carbocycles. The first kappa shape index (κ1) is 17.5. The Morgan fingerprint density at radius 2 is 2.08 bits per heavy atom. The second-order valence-electron chi connectivity index (χ2n) is 5.81. The molecule has 0 spiro atoms. The second kappa shape index (κ2) is 7.70. The average molecular weight is 403 g/mol. The quantitative estimate of drug-likeness (QED) is 0.826. The monoisotopic (exact) mass is 402 g/mol. The molecule has 1 atom stereocenters. The molecule has 130 valence electrons. The SMILES string of the molecule is CCOc1ccccc1N1CC(C(=O)Nc2cccc(Br)c2)CC1=O. The number of para-hydroxylation sites is 2. The van der Waals surface area contributed by atoms with Crippen LogP contribution in [-0.2, 0) is 9.59 Å². The van der Waals surface area contributed by atoms with Gasteiger partial charge in [0.1, 0.15) is 5.75 Å². The predicted octanol–water partition coefficient (Wildman–Crippen LogP) is 3.84. The largest absolute Gasteiger partial charge is 0.492 e. The zero-order valence-corrected chi connectivity index (χ0v) is 15.5. The highest BCUT2D eigenvalue weighted by atomic mass is 79.9. The fourth-order valence-corrected chi connectivity index (χ4v) is 3.28. The first-order chi connectivity index (χ1) is 12.1. The second-order valence-corrected chi connectivity index (χ2v) is 6.72. The van der Waals surface area contributed by atoms with Crippen molar-refractivity contribution in [3.63, 3.8) is 0 Å². The molecule has 0 aromatic heterocycles. The topological polar surface area (TPSA) is 58.6 Å². The molecule has 1 saturated heterocycles. The zero-order valence-electron chi connectivity index (χ0n) is 13.9. The summed E-state index contributed by atoms with van der Waals surface area (Å²) >= 11 is 3.38. The van der Waals surface area contributed by atoms with Crippen LogP contribution in [0.25, 0.3) is 0 Å². The standard InChI is InChI=1S/C19H19BrN2O3/c1-2-25-17-9-4-3-8-16(17)22-12-13(10-18(22)23)19(24)21-15-7-5-6-14(20)11-15/h3-9,11,13H,2,10,12H2,1H3,(H,21,24). The summed E-state index contributed by atoms with van der Waals surface area (Å²) in [5.41, 5.74) is 1.42. The number of nitrogens with one attached hydrogen (secondary N) is 1. The van der Waals surface area contributed by atoms with Crippen LogP contribution in [-0.4, -0.2) is 25.0 Å². The minimum absolute atomic E-state index is 0.0680. The van der Waals surface area contributed by atoms with Crippen LogP contribution < -0.4 is 15.0 Å². The van der Waals surface area contributed by atoms with Gasteiger partial charge in [0.2, 0.25) is 11.8 Å². The Kier molecular flexibility index (Phi) is 5.38. The van der Waals surface area contributed by atoms with Gasteiger partial charge in [-0.1, -0.05) is 34.1 Å². The first-order valence-electron chi connectivity index (χ1n) is 8.17. The molecule has 1 N–H and O–H groups in total. The normalized spacial score (nSPS) is 16.8. The maximum absolute atomic E-state index is 12.5. The Morgan fingerprint density at radius 1 is 1.28 bits per heavy atom. The molecular weight excluding hydrogens is 384 g/mol. The van der Waals surface area contributed by atoms with Crippen LogP contribution in [0, 0.1) is 5.92 Å². The van der Waals surface area contributed by atoms with Crippen LogP contribution in [0.5, 0.6) is 5.75 Å². The van der Waals surface area contributed by atoms with Crippen LogP contribution in [0.3, 0.4) is 0 Å². The van der Waals surface area contributed by atoms with E-state index in [1.807, 2.05) is 55.5 Å². The summed E-state index contributed by atoms with van der Waals surface area (Å²) in [7, 11) is 0. The minimum Gasteiger partial charge on any atom is -0.492 e. The molecule has 1 aliphatic heterocycles. The van der Waals surface area contributed by atoms with E-state index >= 15 is 0 Å². The van der Waals surface area contributed by atoms with Crippen LogP contribution in [0.2, 0.25) is 0 Å². The summed E-state index contributed by atoms with van der Waals surface area (Å²) in [5, 5.41) is 2.88. The lowest BCUT2D eigenvalue weighted by molar-refractivity contribution is -0.122. The molecule has 0 saturated carbocycles. The molecule has 0 bridgehead atoms. The maximum atomic E-state index is 12.5. The first-order valence-corrected chi connectivity index (χ1v) is 8.96. The molecule has 6 heteroatoms. The number of benzene rings is 2. The van der Waals surface area contributed by atoms with E-state index in [1.165, 1.54) is 0 Å². The number of hydrogen-bond donors (Lipinski definition) is 1. The molecule has 2 amide bonds. The van der Waals surface area contributed by atoms with Crippen molar-refractivity contribution in [3.8, 4) is 5.75 Å². The minimum atomic E-state index is -0.388. The highest BCUT2D eigenvalue weighted by Gasteiger charge is 2.36. The van der Waals surface area contributed by atoms with E-state index in [4.69, 9.17) is 4.74 Å². The summed E-state index contributed by atoms with van der Waals surface area (Å²) in [6, 6.07) is 14.8. The third-order valence-corrected chi connectivity index (χ3v) is 4.54. The Balaban J connectivity index is 1.73. The molecule has 0 aliphatic carbocycles. The van der Waals surface area contributed by atoms with Gasteiger partial charge >= 0.3 is 0 Å². The highest BCUT2D eigenvalue weighted by Crippen LogP contribution is 2.33. The molecular formula is C19H19BrN2O3. The van der Waals surface area contributed by atoms with Crippen LogP contribution in [0.4, 0.5) is 11.4 Å². The number of anilines is 2. The third kappa shape index (κ3) is 4.02. The van der Waals surface area contributed by atoms with Crippen molar-refractivity contribution < 1.29 is 14.3 Å². The van der Waals surface area contributed by atoms with Crippen molar-refractivity contribution in [2.75, 3.05) is 23.4 Å². The molecule has 1 fully saturated rings. The van der Waals surface area contributed by atoms with Gasteiger partial charge in [-0.3, -0.25) is 9.59 Å². The van der Waals surface area contributed by atoms with Gasteiger partial charge in [0.05, 0.1) is 18.2 Å². The lowest BCUT2D eigenvalue weighted by Gasteiger charge is -2.20. The molecule has 5 nitrogen and oxygen atoms in total. The summed E-state index contributed by atoms with van der Waals surface area (Å²) in [6.07, 6.45) is 0.195. The summed E-state index contributed by atoms with van der Waals surface area (Å²) in [6.45, 7) is 2.77. The van der Waals surface area contributed by atoms with Gasteiger partial charge in [-0.05, 0) is 37.3 Å². The van der Waals surface area contributed by atoms with E-state index in [2.05, 4.69) is 21.2 Å². The Hall–Kier alpha value is -2.34. The van der Waals surface area contributed by atoms with Gasteiger partial charge < -0.3 is 15.0 Å². The Bertz CT molecular complexity index is 794. The average Bonchev–Trinajstić information content (AvgIpc) is 2.97. The molecule has 2 aromatic rings. The smallest absolute Gasteiger partial charge is 0.229 e. The molecule has 3 rings (SSSR count). The summed E-state index contributed by atoms with van der Waals surface area (Å²) < 4.78 is 6.49. The van der Waals surface area contributed by atoms with Crippen molar-refractivity contribution in [1.82, 2.24) is 0 Å². The van der Waals surface area contributed by atoms with E-state index in [1.54, 1.807) is 4.90 Å². The fraction of sp³-hybridized carbons (Fsp3) is 0.263. The highest BCUT2D eigenvalue weighted by molar-refractivity contribution is 9.10. The number of ether oxygens (including phenoxy) is 1. The van der Waals surface area contributed by atoms with Gasteiger partial charge in [-0.15, -0.1) is 0 Å². The third-order valence-electron chi connectivity index (χ3n) is 4.04. The number of carbonyl (C=O) groups excluding carboxylic acids is 2. The van der Waals surface area contributed by atoms with Crippen LogP contribution in [0.1, 0.15) is 13.3 Å². The lowest BCUT2D eigenvalue weighted by atomic mass is 10.1.